The van der Waals surface area contributed by atoms with Gasteiger partial charge in [-0.2, -0.15) is 0 Å². The molecule has 0 bridgehead atoms. The first-order chi connectivity index (χ1) is 17.2. The summed E-state index contributed by atoms with van der Waals surface area (Å²) in [6.45, 7) is 5.79. The maximum Gasteiger partial charge on any atom is 0.347 e. The highest BCUT2D eigenvalue weighted by molar-refractivity contribution is 7.99. The number of carboxylic acids is 1. The zero-order valence-electron chi connectivity index (χ0n) is 21.5. The molecule has 0 unspecified atom stereocenters. The molecule has 1 spiro atoms. The molecular weight excluding hydrogens is 472 g/mol. The van der Waals surface area contributed by atoms with Crippen molar-refractivity contribution in [2.24, 2.45) is 4.99 Å². The molecule has 2 aliphatic rings. The minimum atomic E-state index is -1.32. The number of amidine groups is 1. The van der Waals surface area contributed by atoms with Gasteiger partial charge in [0.15, 0.2) is 5.60 Å². The number of hydrogen-bond acceptors (Lipinski definition) is 5. The van der Waals surface area contributed by atoms with Crippen LogP contribution in [0.2, 0.25) is 0 Å². The van der Waals surface area contributed by atoms with E-state index >= 15 is 0 Å². The third-order valence-corrected chi connectivity index (χ3v) is 8.02. The first kappa shape index (κ1) is 26.3. The Balaban J connectivity index is 1.47. The van der Waals surface area contributed by atoms with Crippen molar-refractivity contribution >= 4 is 29.5 Å². The Bertz CT molecular complexity index is 1120. The molecule has 4 rings (SSSR count). The van der Waals surface area contributed by atoms with Gasteiger partial charge in [-0.05, 0) is 62.9 Å². The lowest BCUT2D eigenvalue weighted by Gasteiger charge is -2.29. The van der Waals surface area contributed by atoms with Crippen LogP contribution in [0.5, 0.6) is 5.75 Å². The number of benzene rings is 2. The van der Waals surface area contributed by atoms with E-state index in [-0.39, 0.29) is 5.91 Å². The smallest absolute Gasteiger partial charge is 0.347 e. The molecule has 1 aliphatic heterocycles. The van der Waals surface area contributed by atoms with Gasteiger partial charge in [0.25, 0.3) is 5.91 Å². The van der Waals surface area contributed by atoms with Crippen LogP contribution in [0, 0.1) is 0 Å². The Labute approximate surface area is 218 Å². The number of aliphatic carboxylic acids is 1. The van der Waals surface area contributed by atoms with E-state index in [9.17, 15) is 14.7 Å². The van der Waals surface area contributed by atoms with Crippen LogP contribution in [0.4, 0.5) is 0 Å². The van der Waals surface area contributed by atoms with Crippen LogP contribution in [0.15, 0.2) is 63.3 Å². The number of rotatable bonds is 10. The van der Waals surface area contributed by atoms with Crippen molar-refractivity contribution in [2.45, 2.75) is 99.6 Å². The summed E-state index contributed by atoms with van der Waals surface area (Å²) in [5.41, 5.74) is -0.776. The van der Waals surface area contributed by atoms with E-state index in [1.807, 2.05) is 35.2 Å². The number of nitrogens with zero attached hydrogens (tertiary/aromatic N) is 2. The van der Waals surface area contributed by atoms with Crippen molar-refractivity contribution in [3.63, 3.8) is 0 Å². The molecule has 0 radical (unpaired) electrons. The van der Waals surface area contributed by atoms with Crippen LogP contribution in [-0.4, -0.2) is 38.9 Å². The van der Waals surface area contributed by atoms with Crippen LogP contribution in [0.3, 0.4) is 0 Å². The predicted octanol–water partition coefficient (Wildman–Crippen LogP) is 6.71. The normalized spacial score (nSPS) is 17.4. The van der Waals surface area contributed by atoms with Crippen molar-refractivity contribution in [3.05, 3.63) is 54.1 Å². The van der Waals surface area contributed by atoms with Gasteiger partial charge in [-0.3, -0.25) is 14.7 Å². The van der Waals surface area contributed by atoms with Gasteiger partial charge in [0, 0.05) is 11.3 Å². The Kier molecular flexibility index (Phi) is 8.08. The van der Waals surface area contributed by atoms with Gasteiger partial charge in [0.05, 0.1) is 11.4 Å². The van der Waals surface area contributed by atoms with Crippen LogP contribution >= 0.6 is 11.8 Å². The quantitative estimate of drug-likeness (QED) is 0.386. The third-order valence-electron chi connectivity index (χ3n) is 6.95. The molecule has 1 amide bonds. The Morgan fingerprint density at radius 2 is 1.81 bits per heavy atom. The number of unbranched alkanes of at least 4 members (excludes halogenated alkanes) is 1. The standard InChI is InChI=1S/C29H36N2O4S/c1-4-5-13-25-30-29(18-9-6-10-19-29)26(32)31(25)20-21-14-16-22(17-15-21)36-24-12-8-7-11-23(24)35-28(2,3)27(33)34/h7-8,11-12,14-17H,4-6,9-10,13,18-20H2,1-3H3,(H,33,34). The third kappa shape index (κ3) is 5.77. The summed E-state index contributed by atoms with van der Waals surface area (Å²) in [4.78, 5) is 33.9. The van der Waals surface area contributed by atoms with Gasteiger partial charge in [-0.25, -0.2) is 4.79 Å². The molecule has 1 heterocycles. The summed E-state index contributed by atoms with van der Waals surface area (Å²) < 4.78 is 5.81. The topological polar surface area (TPSA) is 79.2 Å². The maximum atomic E-state index is 13.5. The molecule has 7 heteroatoms. The zero-order chi connectivity index (χ0) is 25.8. The summed E-state index contributed by atoms with van der Waals surface area (Å²) in [7, 11) is 0. The highest BCUT2D eigenvalue weighted by Gasteiger charge is 2.48. The van der Waals surface area contributed by atoms with Crippen molar-refractivity contribution in [1.82, 2.24) is 4.90 Å². The van der Waals surface area contributed by atoms with Gasteiger partial charge in [-0.15, -0.1) is 0 Å². The van der Waals surface area contributed by atoms with E-state index in [1.54, 1.807) is 19.9 Å². The Morgan fingerprint density at radius 3 is 2.47 bits per heavy atom. The minimum absolute atomic E-state index is 0.180. The Morgan fingerprint density at radius 1 is 1.11 bits per heavy atom. The van der Waals surface area contributed by atoms with E-state index in [4.69, 9.17) is 9.73 Å². The van der Waals surface area contributed by atoms with Gasteiger partial charge in [-0.1, -0.05) is 68.6 Å². The van der Waals surface area contributed by atoms with Crippen molar-refractivity contribution in [1.29, 1.82) is 0 Å². The molecule has 1 N–H and O–H groups in total. The molecule has 1 aliphatic carbocycles. The lowest BCUT2D eigenvalue weighted by molar-refractivity contribution is -0.152. The highest BCUT2D eigenvalue weighted by atomic mass is 32.2. The lowest BCUT2D eigenvalue weighted by Crippen LogP contribution is -2.43. The summed E-state index contributed by atoms with van der Waals surface area (Å²) in [5, 5.41) is 9.43. The van der Waals surface area contributed by atoms with Gasteiger partial charge < -0.3 is 9.84 Å². The molecule has 2 aromatic rings. The molecule has 0 saturated heterocycles. The van der Waals surface area contributed by atoms with E-state index in [2.05, 4.69) is 19.1 Å². The molecular formula is C29H36N2O4S. The molecule has 1 saturated carbocycles. The van der Waals surface area contributed by atoms with Crippen molar-refractivity contribution in [3.8, 4) is 5.75 Å². The molecule has 0 atom stereocenters. The average Bonchev–Trinajstić information content (AvgIpc) is 3.10. The van der Waals surface area contributed by atoms with Crippen molar-refractivity contribution in [2.75, 3.05) is 0 Å². The molecule has 192 valence electrons. The van der Waals surface area contributed by atoms with Crippen LogP contribution in [-0.2, 0) is 16.1 Å². The molecule has 2 aromatic carbocycles. The number of aliphatic imine (C=N–C) groups is 1. The molecule has 0 aromatic heterocycles. The number of carboxylic acid groups (broad SMARTS) is 1. The maximum absolute atomic E-state index is 13.5. The summed E-state index contributed by atoms with van der Waals surface area (Å²) in [6.07, 6.45) is 8.04. The van der Waals surface area contributed by atoms with E-state index in [0.717, 1.165) is 66.1 Å². The van der Waals surface area contributed by atoms with Crippen LogP contribution in [0.25, 0.3) is 0 Å². The predicted molar refractivity (Wildman–Crippen MR) is 143 cm³/mol. The average molecular weight is 509 g/mol. The SMILES string of the molecule is CCCCC1=NC2(CCCCC2)C(=O)N1Cc1ccc(Sc2ccccc2OC(C)(C)C(=O)O)cc1. The van der Waals surface area contributed by atoms with E-state index < -0.39 is 17.1 Å². The van der Waals surface area contributed by atoms with Gasteiger partial charge in [0.1, 0.15) is 17.1 Å². The van der Waals surface area contributed by atoms with Crippen LogP contribution in [0.1, 0.15) is 77.7 Å². The first-order valence-corrected chi connectivity index (χ1v) is 13.7. The summed E-state index contributed by atoms with van der Waals surface area (Å²) in [6, 6.07) is 15.7. The van der Waals surface area contributed by atoms with Gasteiger partial charge in [0.2, 0.25) is 0 Å². The minimum Gasteiger partial charge on any atom is -0.478 e. The number of para-hydroxylation sites is 1. The lowest BCUT2D eigenvalue weighted by atomic mass is 9.82. The zero-order valence-corrected chi connectivity index (χ0v) is 22.3. The summed E-state index contributed by atoms with van der Waals surface area (Å²) >= 11 is 1.53. The second-order valence-corrected chi connectivity index (χ2v) is 11.3. The second kappa shape index (κ2) is 11.1. The second-order valence-electron chi connectivity index (χ2n) is 10.2. The van der Waals surface area contributed by atoms with Gasteiger partial charge >= 0.3 is 5.97 Å². The fourth-order valence-electron chi connectivity index (χ4n) is 4.78. The monoisotopic (exact) mass is 508 g/mol. The largest absolute Gasteiger partial charge is 0.478 e. The fourth-order valence-corrected chi connectivity index (χ4v) is 5.67. The fraction of sp³-hybridized carbons (Fsp3) is 0.483. The molecule has 1 fully saturated rings. The van der Waals surface area contributed by atoms with Crippen LogP contribution < -0.4 is 4.74 Å². The number of carbonyl (C=O) groups is 2. The van der Waals surface area contributed by atoms with E-state index in [0.29, 0.717) is 12.3 Å². The number of hydrogen-bond donors (Lipinski definition) is 1. The first-order valence-electron chi connectivity index (χ1n) is 12.9. The Hall–Kier alpha value is -2.80. The summed E-state index contributed by atoms with van der Waals surface area (Å²) in [5.74, 6) is 0.657. The number of ether oxygens (including phenoxy) is 1. The highest BCUT2D eigenvalue weighted by Crippen LogP contribution is 2.39. The molecule has 36 heavy (non-hydrogen) atoms. The number of carbonyl (C=O) groups excluding carboxylic acids is 1. The number of amides is 1. The van der Waals surface area contributed by atoms with E-state index in [1.165, 1.54) is 18.2 Å². The molecule has 6 nitrogen and oxygen atoms in total. The van der Waals surface area contributed by atoms with Crippen molar-refractivity contribution < 1.29 is 19.4 Å².